The fraction of sp³-hybridized carbons (Fsp3) is 0.200. The van der Waals surface area contributed by atoms with Crippen LogP contribution in [0, 0.1) is 0 Å². The first-order chi connectivity index (χ1) is 21.9. The zero-order chi connectivity index (χ0) is 31.6. The van der Waals surface area contributed by atoms with Gasteiger partial charge in [0.15, 0.2) is 12.2 Å². The van der Waals surface area contributed by atoms with E-state index in [-0.39, 0.29) is 22.3 Å². The van der Waals surface area contributed by atoms with Crippen molar-refractivity contribution in [1.29, 1.82) is 0 Å². The van der Waals surface area contributed by atoms with Crippen LogP contribution in [0.2, 0.25) is 0 Å². The van der Waals surface area contributed by atoms with E-state index in [0.29, 0.717) is 0 Å². The standard InChI is InChI=1S/C35H30O10/c1-40-29-28(43-32(37)24-16-8-3-9-17-24)27(22-41-31(36)23-14-6-2-7-15-23)42-35(45-34(39)26-20-12-5-13-21-26)30(29)44-33(38)25-18-10-4-11-19-25/h2-21,27-30,35H,22H2,1H3/t27-,28-,29+,30+,35-/m1/s1. The Bertz CT molecular complexity index is 1580. The lowest BCUT2D eigenvalue weighted by Crippen LogP contribution is -2.62. The molecule has 10 nitrogen and oxygen atoms in total. The molecule has 0 aliphatic carbocycles. The molecule has 5 rings (SSSR count). The molecule has 1 aliphatic rings. The predicted molar refractivity (Wildman–Crippen MR) is 159 cm³/mol. The van der Waals surface area contributed by atoms with Gasteiger partial charge in [0.05, 0.1) is 22.3 Å². The first-order valence-corrected chi connectivity index (χ1v) is 14.1. The smallest absolute Gasteiger partial charge is 0.340 e. The van der Waals surface area contributed by atoms with Gasteiger partial charge >= 0.3 is 23.9 Å². The van der Waals surface area contributed by atoms with Crippen molar-refractivity contribution in [2.24, 2.45) is 0 Å². The van der Waals surface area contributed by atoms with Gasteiger partial charge in [0.1, 0.15) is 18.8 Å². The van der Waals surface area contributed by atoms with E-state index in [1.807, 2.05) is 0 Å². The Morgan fingerprint density at radius 1 is 0.511 bits per heavy atom. The van der Waals surface area contributed by atoms with Gasteiger partial charge in [0.2, 0.25) is 6.29 Å². The molecule has 0 saturated carbocycles. The van der Waals surface area contributed by atoms with E-state index in [1.165, 1.54) is 7.11 Å². The Morgan fingerprint density at radius 3 is 1.31 bits per heavy atom. The van der Waals surface area contributed by atoms with Gasteiger partial charge in [-0.05, 0) is 48.5 Å². The van der Waals surface area contributed by atoms with Crippen LogP contribution in [0.1, 0.15) is 41.4 Å². The molecule has 4 aromatic rings. The molecule has 1 fully saturated rings. The highest BCUT2D eigenvalue weighted by Gasteiger charge is 2.53. The lowest BCUT2D eigenvalue weighted by atomic mass is 9.98. The van der Waals surface area contributed by atoms with Gasteiger partial charge in [-0.25, -0.2) is 19.2 Å². The van der Waals surface area contributed by atoms with Crippen molar-refractivity contribution < 1.29 is 47.6 Å². The van der Waals surface area contributed by atoms with Crippen LogP contribution in [0.3, 0.4) is 0 Å². The Balaban J connectivity index is 1.47. The molecule has 10 heteroatoms. The van der Waals surface area contributed by atoms with Gasteiger partial charge in [-0.1, -0.05) is 72.8 Å². The fourth-order valence-corrected chi connectivity index (χ4v) is 4.74. The lowest BCUT2D eigenvalue weighted by molar-refractivity contribution is -0.287. The maximum absolute atomic E-state index is 13.2. The van der Waals surface area contributed by atoms with Crippen LogP contribution >= 0.6 is 0 Å². The third kappa shape index (κ3) is 7.80. The molecule has 1 aliphatic heterocycles. The molecular weight excluding hydrogens is 580 g/mol. The van der Waals surface area contributed by atoms with E-state index in [1.54, 1.807) is 121 Å². The fourth-order valence-electron chi connectivity index (χ4n) is 4.74. The average molecular weight is 611 g/mol. The van der Waals surface area contributed by atoms with E-state index in [9.17, 15) is 19.2 Å². The molecule has 0 aromatic heterocycles. The molecule has 0 N–H and O–H groups in total. The van der Waals surface area contributed by atoms with Gasteiger partial charge in [-0.3, -0.25) is 0 Å². The van der Waals surface area contributed by atoms with Crippen molar-refractivity contribution >= 4 is 23.9 Å². The third-order valence-corrected chi connectivity index (χ3v) is 6.99. The molecule has 230 valence electrons. The van der Waals surface area contributed by atoms with Crippen LogP contribution in [0.4, 0.5) is 0 Å². The summed E-state index contributed by atoms with van der Waals surface area (Å²) in [5.41, 5.74) is 0.962. The summed E-state index contributed by atoms with van der Waals surface area (Å²) in [7, 11) is 1.33. The zero-order valence-corrected chi connectivity index (χ0v) is 24.2. The number of carbonyl (C=O) groups is 4. The van der Waals surface area contributed by atoms with Crippen LogP contribution in [0.15, 0.2) is 121 Å². The first-order valence-electron chi connectivity index (χ1n) is 14.1. The van der Waals surface area contributed by atoms with Crippen molar-refractivity contribution in [1.82, 2.24) is 0 Å². The van der Waals surface area contributed by atoms with E-state index >= 15 is 0 Å². The molecule has 4 aromatic carbocycles. The largest absolute Gasteiger partial charge is 0.459 e. The number of benzene rings is 4. The van der Waals surface area contributed by atoms with Crippen LogP contribution in [0.5, 0.6) is 0 Å². The highest BCUT2D eigenvalue weighted by atomic mass is 16.7. The van der Waals surface area contributed by atoms with E-state index in [0.717, 1.165) is 0 Å². The summed E-state index contributed by atoms with van der Waals surface area (Å²) in [6.45, 7) is -0.418. The van der Waals surface area contributed by atoms with Crippen LogP contribution < -0.4 is 0 Å². The minimum absolute atomic E-state index is 0.216. The Labute approximate surface area is 259 Å². The summed E-state index contributed by atoms with van der Waals surface area (Å²) in [6.07, 6.45) is -6.62. The SMILES string of the molecule is CO[C@@H]1[C@H](OC(=O)c2ccccc2)[C@@H](OC(=O)c2ccccc2)O[C@H](COC(=O)c2ccccc2)[C@H]1OC(=O)c1ccccc1. The maximum Gasteiger partial charge on any atom is 0.340 e. The molecule has 5 atom stereocenters. The number of methoxy groups -OCH3 is 1. The zero-order valence-electron chi connectivity index (χ0n) is 24.2. The van der Waals surface area contributed by atoms with Gasteiger partial charge < -0.3 is 28.4 Å². The molecule has 0 radical (unpaired) electrons. The van der Waals surface area contributed by atoms with Crippen LogP contribution in [-0.4, -0.2) is 68.3 Å². The quantitative estimate of drug-likeness (QED) is 0.181. The number of esters is 4. The number of rotatable bonds is 10. The third-order valence-electron chi connectivity index (χ3n) is 6.99. The van der Waals surface area contributed by atoms with Crippen molar-refractivity contribution in [3.05, 3.63) is 144 Å². The van der Waals surface area contributed by atoms with Gasteiger partial charge in [-0.2, -0.15) is 0 Å². The van der Waals surface area contributed by atoms with Crippen LogP contribution in [-0.2, 0) is 28.4 Å². The lowest BCUT2D eigenvalue weighted by Gasteiger charge is -2.43. The highest BCUT2D eigenvalue weighted by molar-refractivity contribution is 5.91. The van der Waals surface area contributed by atoms with Crippen molar-refractivity contribution in [2.75, 3.05) is 13.7 Å². The van der Waals surface area contributed by atoms with Gasteiger partial charge in [0.25, 0.3) is 0 Å². The van der Waals surface area contributed by atoms with Gasteiger partial charge in [-0.15, -0.1) is 0 Å². The second-order valence-electron chi connectivity index (χ2n) is 9.95. The maximum atomic E-state index is 13.2. The summed E-state index contributed by atoms with van der Waals surface area (Å²) in [5.74, 6) is -2.90. The minimum atomic E-state index is -1.54. The van der Waals surface area contributed by atoms with Crippen molar-refractivity contribution in [3.63, 3.8) is 0 Å². The summed E-state index contributed by atoms with van der Waals surface area (Å²) >= 11 is 0. The summed E-state index contributed by atoms with van der Waals surface area (Å²) in [6, 6.07) is 32.8. The second-order valence-corrected chi connectivity index (χ2v) is 9.95. The Hall–Kier alpha value is -5.32. The Kier molecular flexibility index (Phi) is 10.3. The first kappa shape index (κ1) is 31.1. The van der Waals surface area contributed by atoms with Crippen LogP contribution in [0.25, 0.3) is 0 Å². The molecule has 0 bridgehead atoms. The molecule has 1 heterocycles. The van der Waals surface area contributed by atoms with Crippen molar-refractivity contribution in [2.45, 2.75) is 30.7 Å². The number of ether oxygens (including phenoxy) is 6. The molecule has 0 spiro atoms. The van der Waals surface area contributed by atoms with E-state index < -0.39 is 61.2 Å². The summed E-state index contributed by atoms with van der Waals surface area (Å²) in [5, 5.41) is 0. The summed E-state index contributed by atoms with van der Waals surface area (Å²) in [4.78, 5) is 52.5. The van der Waals surface area contributed by atoms with Crippen molar-refractivity contribution in [3.8, 4) is 0 Å². The minimum Gasteiger partial charge on any atom is -0.459 e. The normalized spacial score (nSPS) is 20.8. The highest BCUT2D eigenvalue weighted by Crippen LogP contribution is 2.31. The average Bonchev–Trinajstić information content (AvgIpc) is 3.10. The summed E-state index contributed by atoms with van der Waals surface area (Å²) < 4.78 is 34.9. The predicted octanol–water partition coefficient (Wildman–Crippen LogP) is 4.89. The van der Waals surface area contributed by atoms with E-state index in [4.69, 9.17) is 28.4 Å². The Morgan fingerprint density at radius 2 is 0.889 bits per heavy atom. The molecule has 45 heavy (non-hydrogen) atoms. The number of carbonyl (C=O) groups excluding carboxylic acids is 4. The molecule has 1 saturated heterocycles. The molecule has 0 unspecified atom stereocenters. The molecule has 0 amide bonds. The molecular formula is C35H30O10. The van der Waals surface area contributed by atoms with E-state index in [2.05, 4.69) is 0 Å². The van der Waals surface area contributed by atoms with Gasteiger partial charge in [0, 0.05) is 7.11 Å². The monoisotopic (exact) mass is 610 g/mol. The number of hydrogen-bond donors (Lipinski definition) is 0. The topological polar surface area (TPSA) is 124 Å². The second kappa shape index (κ2) is 14.9. The number of hydrogen-bond acceptors (Lipinski definition) is 10.